The van der Waals surface area contributed by atoms with Crippen LogP contribution < -0.4 is 0 Å². The summed E-state index contributed by atoms with van der Waals surface area (Å²) in [5, 5.41) is 0. The predicted molar refractivity (Wildman–Crippen MR) is 63.0 cm³/mol. The average Bonchev–Trinajstić information content (AvgIpc) is 2.03. The zero-order valence-corrected chi connectivity index (χ0v) is 9.62. The van der Waals surface area contributed by atoms with E-state index in [1.54, 1.807) is 0 Å². The molecule has 0 aromatic carbocycles. The molecule has 0 unspecified atom stereocenters. The molecular formula is C8H17S3. The molecule has 0 amide bonds. The number of thioether (sulfide) groups is 3. The quantitative estimate of drug-likeness (QED) is 0.564. The first-order valence-electron chi connectivity index (χ1n) is 3.94. The second kappa shape index (κ2) is 11.1. The SMILES string of the molecule is [CH2]CSCCSCCSCC. The Kier molecular flexibility index (Phi) is 12.1. The maximum Gasteiger partial charge on any atom is 0.00238 e. The summed E-state index contributed by atoms with van der Waals surface area (Å²) < 4.78 is 0. The van der Waals surface area contributed by atoms with Crippen molar-refractivity contribution in [3.63, 3.8) is 0 Å². The topological polar surface area (TPSA) is 0 Å². The molecule has 0 atom stereocenters. The van der Waals surface area contributed by atoms with Gasteiger partial charge in [0.25, 0.3) is 0 Å². The third-order valence-electron chi connectivity index (χ3n) is 1.09. The van der Waals surface area contributed by atoms with Gasteiger partial charge in [0.05, 0.1) is 0 Å². The molecule has 3 heteroatoms. The van der Waals surface area contributed by atoms with Gasteiger partial charge in [-0.1, -0.05) is 6.92 Å². The van der Waals surface area contributed by atoms with Crippen LogP contribution in [0.1, 0.15) is 6.92 Å². The van der Waals surface area contributed by atoms with Crippen molar-refractivity contribution < 1.29 is 0 Å². The van der Waals surface area contributed by atoms with E-state index >= 15 is 0 Å². The first-order chi connectivity index (χ1) is 5.41. The van der Waals surface area contributed by atoms with Gasteiger partial charge >= 0.3 is 0 Å². The molecule has 0 bridgehead atoms. The van der Waals surface area contributed by atoms with E-state index in [4.69, 9.17) is 0 Å². The summed E-state index contributed by atoms with van der Waals surface area (Å²) in [6, 6.07) is 0. The lowest BCUT2D eigenvalue weighted by Gasteiger charge is -1.99. The van der Waals surface area contributed by atoms with Gasteiger partial charge in [-0.3, -0.25) is 0 Å². The standard InChI is InChI=1S/C8H17S3/c1-3-9-5-7-11-8-6-10-4-2/h1,3-8H2,2H3. The lowest BCUT2D eigenvalue weighted by Crippen LogP contribution is -1.89. The fourth-order valence-electron chi connectivity index (χ4n) is 0.584. The first kappa shape index (κ1) is 12.0. The summed E-state index contributed by atoms with van der Waals surface area (Å²) >= 11 is 6.03. The molecule has 0 aromatic rings. The molecule has 67 valence electrons. The molecule has 0 heterocycles. The Morgan fingerprint density at radius 1 is 0.909 bits per heavy atom. The monoisotopic (exact) mass is 209 g/mol. The van der Waals surface area contributed by atoms with Gasteiger partial charge in [0, 0.05) is 23.0 Å². The Balaban J connectivity index is 2.69. The van der Waals surface area contributed by atoms with Gasteiger partial charge in [-0.15, -0.1) is 0 Å². The summed E-state index contributed by atoms with van der Waals surface area (Å²) in [6.07, 6.45) is 0. The van der Waals surface area contributed by atoms with Crippen LogP contribution in [0.3, 0.4) is 0 Å². The van der Waals surface area contributed by atoms with Crippen LogP contribution in [0.5, 0.6) is 0 Å². The highest BCUT2D eigenvalue weighted by Crippen LogP contribution is 2.09. The molecule has 0 rings (SSSR count). The molecule has 0 saturated heterocycles. The maximum atomic E-state index is 3.78. The highest BCUT2D eigenvalue weighted by molar-refractivity contribution is 8.04. The van der Waals surface area contributed by atoms with E-state index in [0.717, 1.165) is 5.75 Å². The Morgan fingerprint density at radius 2 is 1.45 bits per heavy atom. The summed E-state index contributed by atoms with van der Waals surface area (Å²) in [5.41, 5.74) is 0. The van der Waals surface area contributed by atoms with E-state index in [9.17, 15) is 0 Å². The molecule has 1 radical (unpaired) electrons. The third-order valence-corrected chi connectivity index (χ3v) is 4.28. The van der Waals surface area contributed by atoms with Crippen LogP contribution >= 0.6 is 35.3 Å². The average molecular weight is 209 g/mol. The minimum Gasteiger partial charge on any atom is -0.161 e. The van der Waals surface area contributed by atoms with Gasteiger partial charge in [0.1, 0.15) is 0 Å². The van der Waals surface area contributed by atoms with Crippen LogP contribution in [-0.2, 0) is 0 Å². The van der Waals surface area contributed by atoms with E-state index in [0.29, 0.717) is 0 Å². The van der Waals surface area contributed by atoms with E-state index in [-0.39, 0.29) is 0 Å². The molecular weight excluding hydrogens is 192 g/mol. The molecule has 0 aliphatic heterocycles. The van der Waals surface area contributed by atoms with Crippen molar-refractivity contribution in [1.82, 2.24) is 0 Å². The van der Waals surface area contributed by atoms with Crippen molar-refractivity contribution in [2.45, 2.75) is 6.92 Å². The molecule has 0 aromatic heterocycles. The molecule has 0 spiro atoms. The largest absolute Gasteiger partial charge is 0.161 e. The van der Waals surface area contributed by atoms with Gasteiger partial charge in [0.2, 0.25) is 0 Å². The smallest absolute Gasteiger partial charge is 0.00238 e. The number of rotatable bonds is 8. The number of hydrogen-bond donors (Lipinski definition) is 0. The zero-order valence-electron chi connectivity index (χ0n) is 7.17. The highest BCUT2D eigenvalue weighted by Gasteiger charge is 1.89. The summed E-state index contributed by atoms with van der Waals surface area (Å²) in [4.78, 5) is 0. The molecule has 0 aliphatic carbocycles. The van der Waals surface area contributed by atoms with E-state index in [1.165, 1.54) is 28.8 Å². The molecule has 0 aliphatic rings. The van der Waals surface area contributed by atoms with Crippen LogP contribution in [-0.4, -0.2) is 34.5 Å². The van der Waals surface area contributed by atoms with Crippen molar-refractivity contribution in [3.8, 4) is 0 Å². The zero-order chi connectivity index (χ0) is 8.36. The Morgan fingerprint density at radius 3 is 2.00 bits per heavy atom. The second-order valence-corrected chi connectivity index (χ2v) is 5.77. The van der Waals surface area contributed by atoms with Crippen molar-refractivity contribution in [2.75, 3.05) is 34.5 Å². The van der Waals surface area contributed by atoms with Gasteiger partial charge < -0.3 is 0 Å². The van der Waals surface area contributed by atoms with E-state index < -0.39 is 0 Å². The molecule has 0 N–H and O–H groups in total. The summed E-state index contributed by atoms with van der Waals surface area (Å²) in [5.74, 6) is 7.47. The highest BCUT2D eigenvalue weighted by atomic mass is 32.2. The van der Waals surface area contributed by atoms with Gasteiger partial charge in [-0.2, -0.15) is 35.3 Å². The van der Waals surface area contributed by atoms with Crippen molar-refractivity contribution in [1.29, 1.82) is 0 Å². The van der Waals surface area contributed by atoms with Crippen molar-refractivity contribution >= 4 is 35.3 Å². The Hall–Kier alpha value is 1.05. The van der Waals surface area contributed by atoms with Crippen LogP contribution in [0.2, 0.25) is 0 Å². The minimum absolute atomic E-state index is 1.02. The van der Waals surface area contributed by atoms with Gasteiger partial charge in [-0.25, -0.2) is 0 Å². The second-order valence-electron chi connectivity index (χ2n) is 1.92. The van der Waals surface area contributed by atoms with Crippen LogP contribution in [0.4, 0.5) is 0 Å². The number of hydrogen-bond acceptors (Lipinski definition) is 3. The Bertz CT molecular complexity index is 58.4. The lowest BCUT2D eigenvalue weighted by atomic mass is 10.9. The first-order valence-corrected chi connectivity index (χ1v) is 7.40. The van der Waals surface area contributed by atoms with Crippen molar-refractivity contribution in [2.24, 2.45) is 0 Å². The fraction of sp³-hybridized carbons (Fsp3) is 0.875. The van der Waals surface area contributed by atoms with Crippen LogP contribution in [0.25, 0.3) is 0 Å². The van der Waals surface area contributed by atoms with Gasteiger partial charge in [0.15, 0.2) is 0 Å². The predicted octanol–water partition coefficient (Wildman–Crippen LogP) is 3.04. The van der Waals surface area contributed by atoms with Crippen LogP contribution in [0.15, 0.2) is 0 Å². The molecule has 0 saturated carbocycles. The molecule has 0 nitrogen and oxygen atoms in total. The Labute approximate surface area is 83.7 Å². The summed E-state index contributed by atoms with van der Waals surface area (Å²) in [7, 11) is 0. The third kappa shape index (κ3) is 11.0. The lowest BCUT2D eigenvalue weighted by molar-refractivity contribution is 1.46. The van der Waals surface area contributed by atoms with Gasteiger partial charge in [-0.05, 0) is 18.4 Å². The molecule has 0 fully saturated rings. The maximum absolute atomic E-state index is 3.78. The van der Waals surface area contributed by atoms with E-state index in [2.05, 4.69) is 25.6 Å². The van der Waals surface area contributed by atoms with E-state index in [1.807, 2.05) is 23.5 Å². The van der Waals surface area contributed by atoms with Crippen molar-refractivity contribution in [3.05, 3.63) is 6.92 Å². The van der Waals surface area contributed by atoms with Crippen LogP contribution in [0, 0.1) is 6.92 Å². The summed E-state index contributed by atoms with van der Waals surface area (Å²) in [6.45, 7) is 6.00. The fourth-order valence-corrected chi connectivity index (χ4v) is 3.17. The normalized spacial score (nSPS) is 10.4. The minimum atomic E-state index is 1.02. The molecule has 11 heavy (non-hydrogen) atoms.